The molecule has 0 fully saturated rings. The molecule has 0 saturated carbocycles. The largest absolute Gasteiger partial charge is 0.492 e. The molecule has 0 aliphatic rings. The highest BCUT2D eigenvalue weighted by molar-refractivity contribution is 6.11. The maximum Gasteiger partial charge on any atom is 0.335 e. The number of aromatic carboxylic acids is 1. The molecule has 27 heavy (non-hydrogen) atoms. The number of aromatic hydroxyl groups is 1. The second-order valence-electron chi connectivity index (χ2n) is 5.86. The average molecular weight is 368 g/mol. The van der Waals surface area contributed by atoms with E-state index in [4.69, 9.17) is 5.11 Å². The van der Waals surface area contributed by atoms with Crippen LogP contribution >= 0.6 is 0 Å². The zero-order chi connectivity index (χ0) is 19.7. The molecular weight excluding hydrogens is 352 g/mol. The van der Waals surface area contributed by atoms with Crippen molar-refractivity contribution in [2.45, 2.75) is 13.3 Å². The van der Waals surface area contributed by atoms with Gasteiger partial charge in [-0.1, -0.05) is 6.92 Å². The number of hydrogen-bond acceptors (Lipinski definition) is 5. The Hall–Kier alpha value is -3.81. The zero-order valence-electron chi connectivity index (χ0n) is 14.3. The van der Waals surface area contributed by atoms with Gasteiger partial charge in [0.25, 0.3) is 5.91 Å². The Balaban J connectivity index is 1.91. The third-order valence-corrected chi connectivity index (χ3v) is 4.17. The van der Waals surface area contributed by atoms with Gasteiger partial charge in [0.1, 0.15) is 0 Å². The van der Waals surface area contributed by atoms with E-state index in [0.29, 0.717) is 15.8 Å². The van der Waals surface area contributed by atoms with Crippen LogP contribution in [0.1, 0.15) is 44.4 Å². The molecule has 0 saturated heterocycles. The summed E-state index contributed by atoms with van der Waals surface area (Å²) in [6.45, 7) is 1.65. The minimum Gasteiger partial charge on any atom is -0.492 e. The standard InChI is InChI=1S/C19H16N2O6/c1-2-15(22)16-13-8-7-12(9-14(13)21(27)18(16)24)20-17(23)10-3-5-11(6-4-10)19(25)26/h3-9,24,27H,2H2,1H3,(H,20,23)(H,25,26). The second-order valence-corrected chi connectivity index (χ2v) is 5.86. The molecule has 0 aliphatic carbocycles. The summed E-state index contributed by atoms with van der Waals surface area (Å²) in [6.07, 6.45) is 0.164. The number of hydrogen-bond donors (Lipinski definition) is 4. The lowest BCUT2D eigenvalue weighted by atomic mass is 10.1. The lowest BCUT2D eigenvalue weighted by molar-refractivity contribution is 0.0696. The van der Waals surface area contributed by atoms with Crippen LogP contribution in [0.3, 0.4) is 0 Å². The maximum atomic E-state index is 12.3. The number of aromatic nitrogens is 1. The van der Waals surface area contributed by atoms with E-state index in [-0.39, 0.29) is 34.4 Å². The van der Waals surface area contributed by atoms with E-state index in [1.54, 1.807) is 6.92 Å². The Morgan fingerprint density at radius 3 is 2.26 bits per heavy atom. The third kappa shape index (κ3) is 3.20. The lowest BCUT2D eigenvalue weighted by Gasteiger charge is -2.06. The van der Waals surface area contributed by atoms with E-state index in [9.17, 15) is 24.7 Å². The quantitative estimate of drug-likeness (QED) is 0.404. The molecule has 1 amide bonds. The summed E-state index contributed by atoms with van der Waals surface area (Å²) in [5.41, 5.74) is 0.845. The fourth-order valence-corrected chi connectivity index (χ4v) is 2.76. The minimum absolute atomic E-state index is 0.0251. The number of carbonyl (C=O) groups excluding carboxylic acids is 2. The number of ketones is 1. The van der Waals surface area contributed by atoms with Gasteiger partial charge in [-0.3, -0.25) is 9.59 Å². The number of anilines is 1. The first-order valence-corrected chi connectivity index (χ1v) is 8.08. The Morgan fingerprint density at radius 2 is 1.67 bits per heavy atom. The highest BCUT2D eigenvalue weighted by atomic mass is 16.5. The average Bonchev–Trinajstić information content (AvgIpc) is 2.91. The summed E-state index contributed by atoms with van der Waals surface area (Å²) in [5, 5.41) is 31.9. The normalized spacial score (nSPS) is 10.7. The molecule has 0 aliphatic heterocycles. The fourth-order valence-electron chi connectivity index (χ4n) is 2.76. The van der Waals surface area contributed by atoms with Crippen molar-refractivity contribution in [3.8, 4) is 5.88 Å². The molecule has 0 unspecified atom stereocenters. The van der Waals surface area contributed by atoms with Crippen LogP contribution in [-0.2, 0) is 0 Å². The smallest absolute Gasteiger partial charge is 0.335 e. The first kappa shape index (κ1) is 18.0. The number of carboxylic acid groups (broad SMARTS) is 1. The fraction of sp³-hybridized carbons (Fsp3) is 0.105. The molecule has 8 heteroatoms. The van der Waals surface area contributed by atoms with Crippen LogP contribution < -0.4 is 5.32 Å². The van der Waals surface area contributed by atoms with Crippen molar-refractivity contribution in [1.29, 1.82) is 0 Å². The molecule has 0 spiro atoms. The number of Topliss-reactive ketones (excluding diaryl/α,β-unsaturated/α-hetero) is 1. The summed E-state index contributed by atoms with van der Waals surface area (Å²) in [5.74, 6) is -2.44. The van der Waals surface area contributed by atoms with Crippen LogP contribution in [0.15, 0.2) is 42.5 Å². The number of fused-ring (bicyclic) bond motifs is 1. The van der Waals surface area contributed by atoms with Gasteiger partial charge in [0.05, 0.1) is 16.6 Å². The zero-order valence-corrected chi connectivity index (χ0v) is 14.3. The molecular formula is C19H16N2O6. The first-order valence-electron chi connectivity index (χ1n) is 8.08. The van der Waals surface area contributed by atoms with E-state index in [1.165, 1.54) is 42.5 Å². The van der Waals surface area contributed by atoms with Gasteiger partial charge in [0, 0.05) is 23.1 Å². The summed E-state index contributed by atoms with van der Waals surface area (Å²) in [4.78, 5) is 35.2. The second kappa shape index (κ2) is 6.83. The van der Waals surface area contributed by atoms with Crippen molar-refractivity contribution in [2.75, 3.05) is 5.32 Å². The topological polar surface area (TPSA) is 129 Å². The van der Waals surface area contributed by atoms with Crippen molar-refractivity contribution in [2.24, 2.45) is 0 Å². The van der Waals surface area contributed by atoms with E-state index in [2.05, 4.69) is 5.32 Å². The van der Waals surface area contributed by atoms with E-state index in [1.807, 2.05) is 0 Å². The monoisotopic (exact) mass is 368 g/mol. The molecule has 138 valence electrons. The SMILES string of the molecule is CCC(=O)c1c(O)n(O)c2cc(NC(=O)c3ccc(C(=O)O)cc3)ccc12. The van der Waals surface area contributed by atoms with Crippen LogP contribution in [0.25, 0.3) is 10.9 Å². The predicted octanol–water partition coefficient (Wildman–Crippen LogP) is 3.13. The van der Waals surface area contributed by atoms with Crippen LogP contribution in [0.2, 0.25) is 0 Å². The van der Waals surface area contributed by atoms with Crippen molar-refractivity contribution < 1.29 is 29.8 Å². The molecule has 0 bridgehead atoms. The number of carbonyl (C=O) groups is 3. The van der Waals surface area contributed by atoms with Gasteiger partial charge in [-0.15, -0.1) is 0 Å². The van der Waals surface area contributed by atoms with Crippen LogP contribution in [0, 0.1) is 0 Å². The lowest BCUT2D eigenvalue weighted by Crippen LogP contribution is -2.12. The number of benzene rings is 2. The summed E-state index contributed by atoms with van der Waals surface area (Å²) in [7, 11) is 0. The van der Waals surface area contributed by atoms with Crippen LogP contribution in [0.5, 0.6) is 5.88 Å². The predicted molar refractivity (Wildman–Crippen MR) is 96.8 cm³/mol. The van der Waals surface area contributed by atoms with Gasteiger partial charge in [0.2, 0.25) is 5.88 Å². The number of carboxylic acids is 1. The van der Waals surface area contributed by atoms with Gasteiger partial charge in [-0.05, 0) is 42.5 Å². The molecule has 3 rings (SSSR count). The Bertz CT molecular complexity index is 1070. The van der Waals surface area contributed by atoms with E-state index >= 15 is 0 Å². The number of nitrogens with one attached hydrogen (secondary N) is 1. The molecule has 0 atom stereocenters. The number of amides is 1. The summed E-state index contributed by atoms with van der Waals surface area (Å²) in [6, 6.07) is 9.89. The molecule has 1 aromatic heterocycles. The van der Waals surface area contributed by atoms with Crippen molar-refractivity contribution >= 4 is 34.3 Å². The van der Waals surface area contributed by atoms with Gasteiger partial charge in [0.15, 0.2) is 5.78 Å². The van der Waals surface area contributed by atoms with Crippen LogP contribution in [0.4, 0.5) is 5.69 Å². The molecule has 8 nitrogen and oxygen atoms in total. The molecule has 4 N–H and O–H groups in total. The summed E-state index contributed by atoms with van der Waals surface area (Å²) >= 11 is 0. The van der Waals surface area contributed by atoms with Crippen molar-refractivity contribution in [3.05, 3.63) is 59.2 Å². The highest BCUT2D eigenvalue weighted by Gasteiger charge is 2.21. The minimum atomic E-state index is -1.09. The van der Waals surface area contributed by atoms with Gasteiger partial charge >= 0.3 is 5.97 Å². The Labute approximate surface area is 153 Å². The Kier molecular flexibility index (Phi) is 4.55. The third-order valence-electron chi connectivity index (χ3n) is 4.17. The number of rotatable bonds is 5. The van der Waals surface area contributed by atoms with Crippen molar-refractivity contribution in [3.63, 3.8) is 0 Å². The van der Waals surface area contributed by atoms with Gasteiger partial charge < -0.3 is 20.7 Å². The number of nitrogens with zero attached hydrogens (tertiary/aromatic N) is 1. The maximum absolute atomic E-state index is 12.3. The highest BCUT2D eigenvalue weighted by Crippen LogP contribution is 2.32. The molecule has 1 heterocycles. The van der Waals surface area contributed by atoms with E-state index < -0.39 is 17.8 Å². The molecule has 2 aromatic carbocycles. The van der Waals surface area contributed by atoms with Crippen molar-refractivity contribution in [1.82, 2.24) is 4.73 Å². The van der Waals surface area contributed by atoms with E-state index in [0.717, 1.165) is 0 Å². The van der Waals surface area contributed by atoms with Gasteiger partial charge in [-0.2, -0.15) is 4.73 Å². The first-order chi connectivity index (χ1) is 12.8. The van der Waals surface area contributed by atoms with Crippen LogP contribution in [-0.4, -0.2) is 37.8 Å². The molecule has 0 radical (unpaired) electrons. The molecule has 3 aromatic rings. The van der Waals surface area contributed by atoms with Gasteiger partial charge in [-0.25, -0.2) is 4.79 Å². The Morgan fingerprint density at radius 1 is 1.04 bits per heavy atom. The summed E-state index contributed by atoms with van der Waals surface area (Å²) < 4.78 is 0.496.